The Bertz CT molecular complexity index is 634. The van der Waals surface area contributed by atoms with Gasteiger partial charge >= 0.3 is 5.97 Å². The van der Waals surface area contributed by atoms with Crippen LogP contribution in [0, 0.1) is 0 Å². The number of aromatic carboxylic acids is 1. The second-order valence-corrected chi connectivity index (χ2v) is 6.98. The highest BCUT2D eigenvalue weighted by atomic mass is 16.4. The number of benzene rings is 1. The van der Waals surface area contributed by atoms with Gasteiger partial charge in [-0.1, -0.05) is 44.7 Å². The molecule has 0 aliphatic heterocycles. The summed E-state index contributed by atoms with van der Waals surface area (Å²) in [5.74, 6) is -1.29. The van der Waals surface area contributed by atoms with E-state index in [9.17, 15) is 14.4 Å². The number of rotatable bonds is 8. The van der Waals surface area contributed by atoms with E-state index in [0.29, 0.717) is 19.4 Å². The van der Waals surface area contributed by atoms with Crippen molar-refractivity contribution in [3.63, 3.8) is 0 Å². The molecule has 0 saturated heterocycles. The fourth-order valence-electron chi connectivity index (χ4n) is 3.37. The predicted molar refractivity (Wildman–Crippen MR) is 99.0 cm³/mol. The zero-order valence-corrected chi connectivity index (χ0v) is 15.3. The summed E-state index contributed by atoms with van der Waals surface area (Å²) in [5.41, 5.74) is 0.0995. The third kappa shape index (κ3) is 5.31. The Morgan fingerprint density at radius 1 is 1.08 bits per heavy atom. The molecule has 6 heteroatoms. The topological polar surface area (TPSA) is 95.5 Å². The van der Waals surface area contributed by atoms with Gasteiger partial charge in [0.05, 0.1) is 12.0 Å². The van der Waals surface area contributed by atoms with E-state index in [-0.39, 0.29) is 23.8 Å². The Kier molecular flexibility index (Phi) is 7.18. The van der Waals surface area contributed by atoms with Crippen molar-refractivity contribution >= 4 is 17.8 Å². The standard InChI is InChI=1S/C20H28N2O4/c1-2-3-13-21-19(26)20(11-5-4-6-12-20)22-17(23)14-15-7-9-16(10-8-15)18(24)25/h7-10H,2-6,11-14H2,1H3,(H,21,26)(H,22,23)(H,24,25). The van der Waals surface area contributed by atoms with Crippen LogP contribution in [0.25, 0.3) is 0 Å². The highest BCUT2D eigenvalue weighted by Crippen LogP contribution is 2.28. The second-order valence-electron chi connectivity index (χ2n) is 6.98. The van der Waals surface area contributed by atoms with E-state index in [4.69, 9.17) is 5.11 Å². The molecule has 0 heterocycles. The van der Waals surface area contributed by atoms with Gasteiger partial charge in [-0.05, 0) is 37.0 Å². The van der Waals surface area contributed by atoms with Crippen LogP contribution in [0.1, 0.15) is 67.8 Å². The number of nitrogens with one attached hydrogen (secondary N) is 2. The maximum absolute atomic E-state index is 12.7. The summed E-state index contributed by atoms with van der Waals surface area (Å²) >= 11 is 0. The molecule has 26 heavy (non-hydrogen) atoms. The summed E-state index contributed by atoms with van der Waals surface area (Å²) < 4.78 is 0. The van der Waals surface area contributed by atoms with Gasteiger partial charge in [0, 0.05) is 6.54 Å². The molecular formula is C20H28N2O4. The van der Waals surface area contributed by atoms with Gasteiger partial charge in [-0.15, -0.1) is 0 Å². The maximum Gasteiger partial charge on any atom is 0.335 e. The van der Waals surface area contributed by atoms with Crippen LogP contribution >= 0.6 is 0 Å². The Morgan fingerprint density at radius 2 is 1.73 bits per heavy atom. The summed E-state index contributed by atoms with van der Waals surface area (Å²) in [6.07, 6.45) is 6.31. The third-order valence-electron chi connectivity index (χ3n) is 4.90. The average molecular weight is 360 g/mol. The second kappa shape index (κ2) is 9.36. The molecule has 0 atom stereocenters. The number of carboxylic acid groups (broad SMARTS) is 1. The summed E-state index contributed by atoms with van der Waals surface area (Å²) in [6.45, 7) is 2.70. The van der Waals surface area contributed by atoms with Crippen LogP contribution in [0.3, 0.4) is 0 Å². The molecule has 1 aromatic rings. The van der Waals surface area contributed by atoms with Crippen LogP contribution < -0.4 is 10.6 Å². The lowest BCUT2D eigenvalue weighted by Crippen LogP contribution is -2.60. The Hall–Kier alpha value is -2.37. The van der Waals surface area contributed by atoms with Crippen molar-refractivity contribution in [1.82, 2.24) is 10.6 Å². The molecule has 0 spiro atoms. The molecule has 0 unspecified atom stereocenters. The number of carbonyl (C=O) groups excluding carboxylic acids is 2. The van der Waals surface area contributed by atoms with Crippen LogP contribution in [0.15, 0.2) is 24.3 Å². The molecule has 0 bridgehead atoms. The van der Waals surface area contributed by atoms with E-state index in [2.05, 4.69) is 17.6 Å². The Labute approximate surface area is 154 Å². The van der Waals surface area contributed by atoms with Crippen molar-refractivity contribution in [2.75, 3.05) is 6.54 Å². The van der Waals surface area contributed by atoms with Gasteiger partial charge in [0.15, 0.2) is 0 Å². The molecule has 3 N–H and O–H groups in total. The monoisotopic (exact) mass is 360 g/mol. The van der Waals surface area contributed by atoms with Crippen molar-refractivity contribution in [2.45, 2.75) is 63.8 Å². The molecule has 1 aliphatic carbocycles. The van der Waals surface area contributed by atoms with Gasteiger partial charge in [-0.25, -0.2) is 4.79 Å². The highest BCUT2D eigenvalue weighted by Gasteiger charge is 2.40. The van der Waals surface area contributed by atoms with Crippen LogP contribution in [-0.2, 0) is 16.0 Å². The smallest absolute Gasteiger partial charge is 0.335 e. The first-order valence-corrected chi connectivity index (χ1v) is 9.38. The van der Waals surface area contributed by atoms with Crippen molar-refractivity contribution in [2.24, 2.45) is 0 Å². The number of unbranched alkanes of at least 4 members (excludes halogenated alkanes) is 1. The molecule has 1 aromatic carbocycles. The first kappa shape index (κ1) is 19.9. The lowest BCUT2D eigenvalue weighted by Gasteiger charge is -2.36. The number of carboxylic acids is 1. The van der Waals surface area contributed by atoms with Crippen LogP contribution in [-0.4, -0.2) is 35.0 Å². The molecule has 1 saturated carbocycles. The zero-order valence-electron chi connectivity index (χ0n) is 15.3. The molecular weight excluding hydrogens is 332 g/mol. The fraction of sp³-hybridized carbons (Fsp3) is 0.550. The molecule has 6 nitrogen and oxygen atoms in total. The summed E-state index contributed by atoms with van der Waals surface area (Å²) in [5, 5.41) is 14.9. The molecule has 1 fully saturated rings. The fourth-order valence-corrected chi connectivity index (χ4v) is 3.37. The first-order chi connectivity index (χ1) is 12.5. The summed E-state index contributed by atoms with van der Waals surface area (Å²) in [6, 6.07) is 6.24. The zero-order chi connectivity index (χ0) is 19.0. The number of hydrogen-bond donors (Lipinski definition) is 3. The largest absolute Gasteiger partial charge is 0.478 e. The van der Waals surface area contributed by atoms with Crippen LogP contribution in [0.2, 0.25) is 0 Å². The molecule has 1 aliphatic rings. The van der Waals surface area contributed by atoms with E-state index in [1.807, 2.05) is 0 Å². The third-order valence-corrected chi connectivity index (χ3v) is 4.90. The number of hydrogen-bond acceptors (Lipinski definition) is 3. The average Bonchev–Trinajstić information content (AvgIpc) is 2.63. The van der Waals surface area contributed by atoms with Crippen LogP contribution in [0.5, 0.6) is 0 Å². The molecule has 2 rings (SSSR count). The normalized spacial score (nSPS) is 15.9. The first-order valence-electron chi connectivity index (χ1n) is 9.38. The van der Waals surface area contributed by atoms with E-state index in [1.165, 1.54) is 12.1 Å². The van der Waals surface area contributed by atoms with Gasteiger partial charge in [0.2, 0.25) is 11.8 Å². The van der Waals surface area contributed by atoms with Crippen molar-refractivity contribution < 1.29 is 19.5 Å². The van der Waals surface area contributed by atoms with E-state index < -0.39 is 11.5 Å². The summed E-state index contributed by atoms with van der Waals surface area (Å²) in [7, 11) is 0. The number of amides is 2. The van der Waals surface area contributed by atoms with Gasteiger partial charge in [-0.2, -0.15) is 0 Å². The van der Waals surface area contributed by atoms with Gasteiger partial charge in [0.25, 0.3) is 0 Å². The van der Waals surface area contributed by atoms with Gasteiger partial charge < -0.3 is 15.7 Å². The Morgan fingerprint density at radius 3 is 2.31 bits per heavy atom. The van der Waals surface area contributed by atoms with E-state index in [1.54, 1.807) is 12.1 Å². The molecule has 0 radical (unpaired) electrons. The van der Waals surface area contributed by atoms with E-state index >= 15 is 0 Å². The maximum atomic E-state index is 12.7. The lowest BCUT2D eigenvalue weighted by molar-refractivity contribution is -0.134. The van der Waals surface area contributed by atoms with Crippen molar-refractivity contribution in [3.8, 4) is 0 Å². The molecule has 2 amide bonds. The highest BCUT2D eigenvalue weighted by molar-refractivity contribution is 5.92. The minimum Gasteiger partial charge on any atom is -0.478 e. The SMILES string of the molecule is CCCCNC(=O)C1(NC(=O)Cc2ccc(C(=O)O)cc2)CCCCC1. The van der Waals surface area contributed by atoms with E-state index in [0.717, 1.165) is 37.7 Å². The number of carbonyl (C=O) groups is 3. The van der Waals surface area contributed by atoms with Crippen LogP contribution in [0.4, 0.5) is 0 Å². The summed E-state index contributed by atoms with van der Waals surface area (Å²) in [4.78, 5) is 36.1. The minimum atomic E-state index is -0.995. The quantitative estimate of drug-likeness (QED) is 0.621. The molecule has 0 aromatic heterocycles. The predicted octanol–water partition coefficient (Wildman–Crippen LogP) is 2.66. The van der Waals surface area contributed by atoms with Gasteiger partial charge in [0.1, 0.15) is 5.54 Å². The lowest BCUT2D eigenvalue weighted by atomic mass is 9.80. The molecule has 142 valence electrons. The Balaban J connectivity index is 2.01. The van der Waals surface area contributed by atoms with Crippen molar-refractivity contribution in [3.05, 3.63) is 35.4 Å². The van der Waals surface area contributed by atoms with Gasteiger partial charge in [-0.3, -0.25) is 9.59 Å². The van der Waals surface area contributed by atoms with Crippen molar-refractivity contribution in [1.29, 1.82) is 0 Å². The minimum absolute atomic E-state index is 0.0831.